The van der Waals surface area contributed by atoms with Gasteiger partial charge in [0.25, 0.3) is 11.8 Å². The summed E-state index contributed by atoms with van der Waals surface area (Å²) in [7, 11) is 0. The first kappa shape index (κ1) is 22.3. The van der Waals surface area contributed by atoms with E-state index in [-0.39, 0.29) is 10.6 Å². The Balaban J connectivity index is 1.78. The zero-order valence-electron chi connectivity index (χ0n) is 17.0. The minimum Gasteiger partial charge on any atom is -0.492 e. The van der Waals surface area contributed by atoms with Crippen LogP contribution in [0.15, 0.2) is 88.3 Å². The van der Waals surface area contributed by atoms with Crippen LogP contribution in [0.2, 0.25) is 10.0 Å². The molecule has 1 N–H and O–H groups in total. The Hall–Kier alpha value is -2.93. The molecule has 0 atom stereocenters. The minimum absolute atomic E-state index is 0.159. The van der Waals surface area contributed by atoms with Gasteiger partial charge in [-0.05, 0) is 49.4 Å². The summed E-state index contributed by atoms with van der Waals surface area (Å²) in [6, 6.07) is 21.2. The van der Waals surface area contributed by atoms with E-state index in [0.29, 0.717) is 33.8 Å². The number of halogens is 2. The van der Waals surface area contributed by atoms with Gasteiger partial charge in [-0.3, -0.25) is 9.59 Å². The molecule has 0 aromatic heterocycles. The van der Waals surface area contributed by atoms with Crippen LogP contribution in [-0.4, -0.2) is 18.4 Å². The topological polar surface area (TPSA) is 58.6 Å². The van der Waals surface area contributed by atoms with E-state index in [4.69, 9.17) is 27.9 Å². The van der Waals surface area contributed by atoms with Crippen LogP contribution in [0.25, 0.3) is 0 Å². The molecule has 3 aromatic carbocycles. The predicted octanol–water partition coefficient (Wildman–Crippen LogP) is 6.38. The first-order chi connectivity index (χ1) is 15.5. The number of anilines is 2. The summed E-state index contributed by atoms with van der Waals surface area (Å²) in [5, 5.41) is 3.78. The van der Waals surface area contributed by atoms with Crippen LogP contribution in [0, 0.1) is 0 Å². The van der Waals surface area contributed by atoms with Crippen LogP contribution < -0.4 is 15.0 Å². The number of hydrogen-bond acceptors (Lipinski definition) is 5. The maximum absolute atomic E-state index is 13.5. The molecule has 0 fully saturated rings. The minimum atomic E-state index is -0.502. The molecule has 0 bridgehead atoms. The summed E-state index contributed by atoms with van der Waals surface area (Å²) in [4.78, 5) is 29.1. The summed E-state index contributed by atoms with van der Waals surface area (Å²) < 4.78 is 5.67. The summed E-state index contributed by atoms with van der Waals surface area (Å²) in [6.07, 6.45) is 0. The highest BCUT2D eigenvalue weighted by molar-refractivity contribution is 8.04. The van der Waals surface area contributed by atoms with Crippen molar-refractivity contribution in [3.05, 3.63) is 93.4 Å². The van der Waals surface area contributed by atoms with Gasteiger partial charge in [0, 0.05) is 14.9 Å². The number of nitrogens with one attached hydrogen (secondary N) is 1. The molecule has 0 saturated heterocycles. The van der Waals surface area contributed by atoms with E-state index in [9.17, 15) is 9.59 Å². The number of hydrogen-bond donors (Lipinski definition) is 1. The Kier molecular flexibility index (Phi) is 6.74. The third-order valence-electron chi connectivity index (χ3n) is 4.56. The van der Waals surface area contributed by atoms with Crippen molar-refractivity contribution in [2.45, 2.75) is 11.8 Å². The van der Waals surface area contributed by atoms with Gasteiger partial charge in [0.15, 0.2) is 0 Å². The molecule has 2 amide bonds. The zero-order valence-corrected chi connectivity index (χ0v) is 19.3. The Morgan fingerprint density at radius 1 is 0.906 bits per heavy atom. The van der Waals surface area contributed by atoms with Crippen molar-refractivity contribution in [1.29, 1.82) is 0 Å². The van der Waals surface area contributed by atoms with Crippen molar-refractivity contribution in [3.8, 4) is 5.75 Å². The number of imide groups is 1. The van der Waals surface area contributed by atoms with E-state index in [1.165, 1.54) is 23.9 Å². The first-order valence-corrected chi connectivity index (χ1v) is 11.4. The summed E-state index contributed by atoms with van der Waals surface area (Å²) in [6.45, 7) is 2.34. The fraction of sp³-hybridized carbons (Fsp3) is 0.0833. The van der Waals surface area contributed by atoms with Crippen LogP contribution in [0.1, 0.15) is 6.92 Å². The molecule has 4 rings (SSSR count). The van der Waals surface area contributed by atoms with Crippen LogP contribution in [0.4, 0.5) is 11.4 Å². The van der Waals surface area contributed by atoms with Gasteiger partial charge >= 0.3 is 0 Å². The Morgan fingerprint density at radius 3 is 2.25 bits per heavy atom. The Bertz CT molecular complexity index is 1190. The quantitative estimate of drug-likeness (QED) is 0.394. The predicted molar refractivity (Wildman–Crippen MR) is 130 cm³/mol. The molecule has 5 nitrogen and oxygen atoms in total. The SMILES string of the molecule is CCOc1ccccc1NC1=C(Sc2ccccc2)C(=O)N(c2cc(Cl)cc(Cl)c2)C1=O. The lowest BCUT2D eigenvalue weighted by Crippen LogP contribution is -2.32. The number of thioether (sulfide) groups is 1. The zero-order chi connectivity index (χ0) is 22.7. The lowest BCUT2D eigenvalue weighted by Gasteiger charge is -2.16. The second kappa shape index (κ2) is 9.69. The fourth-order valence-corrected chi connectivity index (χ4v) is 4.67. The van der Waals surface area contributed by atoms with E-state index >= 15 is 0 Å². The van der Waals surface area contributed by atoms with E-state index in [1.54, 1.807) is 18.2 Å². The molecule has 1 aliphatic heterocycles. The monoisotopic (exact) mass is 484 g/mol. The number of carbonyl (C=O) groups excluding carboxylic acids is 2. The van der Waals surface area contributed by atoms with Crippen LogP contribution in [-0.2, 0) is 9.59 Å². The van der Waals surface area contributed by atoms with Gasteiger partial charge < -0.3 is 10.1 Å². The van der Waals surface area contributed by atoms with Crippen molar-refractivity contribution < 1.29 is 14.3 Å². The Labute approximate surface area is 200 Å². The summed E-state index contributed by atoms with van der Waals surface area (Å²) in [5.41, 5.74) is 1.05. The standard InChI is InChI=1S/C24H18Cl2N2O3S/c1-2-31-20-11-7-6-10-19(20)27-21-22(32-18-8-4-3-5-9-18)24(30)28(23(21)29)17-13-15(25)12-16(26)14-17/h3-14,27H,2H2,1H3. The number of amides is 2. The molecule has 1 heterocycles. The van der Waals surface area contributed by atoms with E-state index in [2.05, 4.69) is 5.32 Å². The van der Waals surface area contributed by atoms with Crippen molar-refractivity contribution in [2.24, 2.45) is 0 Å². The second-order valence-corrected chi connectivity index (χ2v) is 8.70. The van der Waals surface area contributed by atoms with Gasteiger partial charge in [0.2, 0.25) is 0 Å². The number of benzene rings is 3. The maximum atomic E-state index is 13.5. The average molecular weight is 485 g/mol. The fourth-order valence-electron chi connectivity index (χ4n) is 3.21. The van der Waals surface area contributed by atoms with Crippen molar-refractivity contribution in [1.82, 2.24) is 0 Å². The van der Waals surface area contributed by atoms with Gasteiger partial charge in [0.1, 0.15) is 16.4 Å². The summed E-state index contributed by atoms with van der Waals surface area (Å²) in [5.74, 6) is -0.382. The first-order valence-electron chi connectivity index (χ1n) is 9.79. The smallest absolute Gasteiger partial charge is 0.283 e. The van der Waals surface area contributed by atoms with Gasteiger partial charge in [-0.1, -0.05) is 65.3 Å². The highest BCUT2D eigenvalue weighted by atomic mass is 35.5. The van der Waals surface area contributed by atoms with Gasteiger partial charge in [-0.2, -0.15) is 0 Å². The van der Waals surface area contributed by atoms with E-state index in [1.807, 2.05) is 49.4 Å². The number of para-hydroxylation sites is 2. The van der Waals surface area contributed by atoms with Crippen molar-refractivity contribution in [2.75, 3.05) is 16.8 Å². The second-order valence-electron chi connectivity index (χ2n) is 6.75. The molecule has 0 aliphatic carbocycles. The number of nitrogens with zero attached hydrogens (tertiary/aromatic N) is 1. The molecule has 3 aromatic rings. The molecule has 1 aliphatic rings. The highest BCUT2D eigenvalue weighted by Crippen LogP contribution is 2.40. The molecular weight excluding hydrogens is 467 g/mol. The number of ether oxygens (including phenoxy) is 1. The van der Waals surface area contributed by atoms with E-state index < -0.39 is 11.8 Å². The maximum Gasteiger partial charge on any atom is 0.283 e. The van der Waals surface area contributed by atoms with Crippen molar-refractivity contribution >= 4 is 58.2 Å². The molecular formula is C24H18Cl2N2O3S. The van der Waals surface area contributed by atoms with Crippen molar-refractivity contribution in [3.63, 3.8) is 0 Å². The molecule has 0 unspecified atom stereocenters. The average Bonchev–Trinajstić information content (AvgIpc) is 2.99. The van der Waals surface area contributed by atoms with Crippen LogP contribution >= 0.6 is 35.0 Å². The summed E-state index contributed by atoms with van der Waals surface area (Å²) >= 11 is 13.5. The lowest BCUT2D eigenvalue weighted by molar-refractivity contribution is -0.120. The third kappa shape index (κ3) is 4.63. The van der Waals surface area contributed by atoms with Gasteiger partial charge in [-0.15, -0.1) is 0 Å². The molecule has 0 saturated carbocycles. The molecule has 0 spiro atoms. The van der Waals surface area contributed by atoms with Gasteiger partial charge in [0.05, 0.1) is 18.0 Å². The van der Waals surface area contributed by atoms with E-state index in [0.717, 1.165) is 9.80 Å². The molecule has 162 valence electrons. The van der Waals surface area contributed by atoms with Gasteiger partial charge in [-0.25, -0.2) is 4.90 Å². The normalized spacial score (nSPS) is 13.7. The number of rotatable bonds is 7. The lowest BCUT2D eigenvalue weighted by atomic mass is 10.2. The third-order valence-corrected chi connectivity index (χ3v) is 6.08. The largest absolute Gasteiger partial charge is 0.492 e. The molecule has 8 heteroatoms. The molecule has 32 heavy (non-hydrogen) atoms. The highest BCUT2D eigenvalue weighted by Gasteiger charge is 2.40. The number of carbonyl (C=O) groups is 2. The Morgan fingerprint density at radius 2 is 1.56 bits per heavy atom. The molecule has 0 radical (unpaired) electrons. The van der Waals surface area contributed by atoms with Crippen LogP contribution in [0.3, 0.4) is 0 Å². The van der Waals surface area contributed by atoms with Crippen LogP contribution in [0.5, 0.6) is 5.75 Å².